The zero-order chi connectivity index (χ0) is 23.5. The van der Waals surface area contributed by atoms with Gasteiger partial charge in [0.1, 0.15) is 12.4 Å². The molecule has 180 valence electrons. The van der Waals surface area contributed by atoms with Crippen LogP contribution in [0.2, 0.25) is 0 Å². The van der Waals surface area contributed by atoms with E-state index in [0.29, 0.717) is 39.0 Å². The van der Waals surface area contributed by atoms with Crippen molar-refractivity contribution in [2.45, 2.75) is 45.4 Å². The fourth-order valence-electron chi connectivity index (χ4n) is 4.17. The van der Waals surface area contributed by atoms with E-state index in [0.717, 1.165) is 30.6 Å². The van der Waals surface area contributed by atoms with Gasteiger partial charge in [-0.1, -0.05) is 55.8 Å². The highest BCUT2D eigenvalue weighted by molar-refractivity contribution is 7.89. The van der Waals surface area contributed by atoms with Gasteiger partial charge < -0.3 is 10.1 Å². The SMILES string of the molecule is CCCc1ccc(OCCNC(=O)[C@H]2CCCN(S(=O)(=O)CCCc3ccccc3)C2)cc1. The monoisotopic (exact) mass is 472 g/mol. The summed E-state index contributed by atoms with van der Waals surface area (Å²) in [6.07, 6.45) is 4.89. The molecule has 2 aromatic rings. The molecule has 1 saturated heterocycles. The van der Waals surface area contributed by atoms with Crippen molar-refractivity contribution in [3.8, 4) is 5.75 Å². The Morgan fingerprint density at radius 3 is 2.52 bits per heavy atom. The second kappa shape index (κ2) is 12.8. The molecule has 6 nitrogen and oxygen atoms in total. The van der Waals surface area contributed by atoms with Crippen molar-refractivity contribution in [1.82, 2.24) is 9.62 Å². The third kappa shape index (κ3) is 8.16. The molecule has 1 amide bonds. The summed E-state index contributed by atoms with van der Waals surface area (Å²) in [5.41, 5.74) is 2.43. The molecule has 0 aromatic heterocycles. The van der Waals surface area contributed by atoms with Gasteiger partial charge in [0, 0.05) is 13.1 Å². The minimum atomic E-state index is -3.36. The number of ether oxygens (including phenoxy) is 1. The van der Waals surface area contributed by atoms with E-state index in [1.807, 2.05) is 42.5 Å². The molecule has 7 heteroatoms. The first-order chi connectivity index (χ1) is 16.0. The van der Waals surface area contributed by atoms with Gasteiger partial charge in [-0.3, -0.25) is 4.79 Å². The molecule has 0 spiro atoms. The molecule has 2 aromatic carbocycles. The minimum Gasteiger partial charge on any atom is -0.492 e. The molecule has 1 aliphatic heterocycles. The van der Waals surface area contributed by atoms with Crippen LogP contribution >= 0.6 is 0 Å². The van der Waals surface area contributed by atoms with E-state index < -0.39 is 10.0 Å². The topological polar surface area (TPSA) is 75.7 Å². The van der Waals surface area contributed by atoms with Gasteiger partial charge in [0.15, 0.2) is 0 Å². The first kappa shape index (κ1) is 25.2. The van der Waals surface area contributed by atoms with Crippen LogP contribution in [0.3, 0.4) is 0 Å². The molecule has 1 atom stereocenters. The second-order valence-corrected chi connectivity index (χ2v) is 10.7. The van der Waals surface area contributed by atoms with Crippen molar-refractivity contribution in [2.24, 2.45) is 5.92 Å². The Morgan fingerprint density at radius 2 is 1.79 bits per heavy atom. The maximum absolute atomic E-state index is 12.8. The van der Waals surface area contributed by atoms with Gasteiger partial charge in [0.2, 0.25) is 15.9 Å². The predicted molar refractivity (Wildman–Crippen MR) is 132 cm³/mol. The van der Waals surface area contributed by atoms with Crippen LogP contribution in [-0.2, 0) is 27.7 Å². The molecule has 0 radical (unpaired) electrons. The summed E-state index contributed by atoms with van der Waals surface area (Å²) in [4.78, 5) is 12.6. The molecule has 33 heavy (non-hydrogen) atoms. The summed E-state index contributed by atoms with van der Waals surface area (Å²) in [5, 5.41) is 2.91. The normalized spacial score (nSPS) is 16.9. The van der Waals surface area contributed by atoms with E-state index in [-0.39, 0.29) is 24.1 Å². The lowest BCUT2D eigenvalue weighted by molar-refractivity contribution is -0.126. The third-order valence-electron chi connectivity index (χ3n) is 5.99. The van der Waals surface area contributed by atoms with Crippen molar-refractivity contribution in [1.29, 1.82) is 0 Å². The lowest BCUT2D eigenvalue weighted by atomic mass is 9.99. The Labute approximate surface area is 198 Å². The third-order valence-corrected chi connectivity index (χ3v) is 7.91. The maximum Gasteiger partial charge on any atom is 0.224 e. The molecule has 0 unspecified atom stereocenters. The Bertz CT molecular complexity index is 962. The summed E-state index contributed by atoms with van der Waals surface area (Å²) in [7, 11) is -3.36. The molecule has 1 N–H and O–H groups in total. The van der Waals surface area contributed by atoms with Crippen LogP contribution in [0.5, 0.6) is 5.75 Å². The highest BCUT2D eigenvalue weighted by Gasteiger charge is 2.31. The van der Waals surface area contributed by atoms with Gasteiger partial charge in [-0.15, -0.1) is 0 Å². The van der Waals surface area contributed by atoms with Crippen LogP contribution < -0.4 is 10.1 Å². The summed E-state index contributed by atoms with van der Waals surface area (Å²) >= 11 is 0. The lowest BCUT2D eigenvalue weighted by Crippen LogP contribution is -2.46. The molecular formula is C26H36N2O4S. The van der Waals surface area contributed by atoms with E-state index >= 15 is 0 Å². The van der Waals surface area contributed by atoms with Crippen LogP contribution in [0.1, 0.15) is 43.7 Å². The summed E-state index contributed by atoms with van der Waals surface area (Å²) in [6.45, 7) is 3.69. The zero-order valence-electron chi connectivity index (χ0n) is 19.5. The molecule has 0 aliphatic carbocycles. The molecule has 1 fully saturated rings. The van der Waals surface area contributed by atoms with Gasteiger partial charge >= 0.3 is 0 Å². The Balaban J connectivity index is 1.39. The number of nitrogens with one attached hydrogen (secondary N) is 1. The predicted octanol–water partition coefficient (Wildman–Crippen LogP) is 3.81. The Hall–Kier alpha value is -2.38. The molecule has 3 rings (SSSR count). The van der Waals surface area contributed by atoms with Crippen molar-refractivity contribution in [2.75, 3.05) is 32.0 Å². The standard InChI is InChI=1S/C26H36N2O4S/c1-2-8-22-13-15-25(16-14-22)32-19-17-27-26(29)24-12-6-18-28(21-24)33(30,31)20-7-11-23-9-4-3-5-10-23/h3-5,9-10,13-16,24H,2,6-8,11-12,17-21H2,1H3,(H,27,29)/t24-/m0/s1. The number of carbonyl (C=O) groups is 1. The van der Waals surface area contributed by atoms with E-state index in [4.69, 9.17) is 4.74 Å². The number of hydrogen-bond donors (Lipinski definition) is 1. The van der Waals surface area contributed by atoms with Crippen molar-refractivity contribution in [3.63, 3.8) is 0 Å². The number of nitrogens with zero attached hydrogens (tertiary/aromatic N) is 1. The number of carbonyl (C=O) groups excluding carboxylic acids is 1. The first-order valence-electron chi connectivity index (χ1n) is 12.0. The number of aryl methyl sites for hydroxylation is 2. The smallest absolute Gasteiger partial charge is 0.224 e. The number of rotatable bonds is 12. The molecular weight excluding hydrogens is 436 g/mol. The number of amides is 1. The van der Waals surface area contributed by atoms with E-state index in [9.17, 15) is 13.2 Å². The van der Waals surface area contributed by atoms with Gasteiger partial charge in [-0.2, -0.15) is 0 Å². The quantitative estimate of drug-likeness (QED) is 0.477. The number of sulfonamides is 1. The Morgan fingerprint density at radius 1 is 1.06 bits per heavy atom. The van der Waals surface area contributed by atoms with Crippen LogP contribution in [0.4, 0.5) is 0 Å². The van der Waals surface area contributed by atoms with Gasteiger partial charge in [-0.05, 0) is 55.4 Å². The van der Waals surface area contributed by atoms with E-state index in [2.05, 4.69) is 24.4 Å². The van der Waals surface area contributed by atoms with E-state index in [1.54, 1.807) is 0 Å². The van der Waals surface area contributed by atoms with Crippen LogP contribution in [-0.4, -0.2) is 50.6 Å². The van der Waals surface area contributed by atoms with E-state index in [1.165, 1.54) is 9.87 Å². The average Bonchev–Trinajstić information content (AvgIpc) is 2.83. The van der Waals surface area contributed by atoms with Gasteiger partial charge in [0.05, 0.1) is 18.2 Å². The molecule has 1 aliphatic rings. The van der Waals surface area contributed by atoms with Gasteiger partial charge in [0.25, 0.3) is 0 Å². The minimum absolute atomic E-state index is 0.0962. The highest BCUT2D eigenvalue weighted by atomic mass is 32.2. The zero-order valence-corrected chi connectivity index (χ0v) is 20.4. The van der Waals surface area contributed by atoms with Crippen LogP contribution in [0, 0.1) is 5.92 Å². The van der Waals surface area contributed by atoms with Crippen molar-refractivity contribution in [3.05, 3.63) is 65.7 Å². The summed E-state index contributed by atoms with van der Waals surface area (Å²) < 4.78 is 32.8. The number of piperidine rings is 1. The fourth-order valence-corrected chi connectivity index (χ4v) is 5.75. The lowest BCUT2D eigenvalue weighted by Gasteiger charge is -2.31. The summed E-state index contributed by atoms with van der Waals surface area (Å²) in [5.74, 6) is 0.493. The Kier molecular flexibility index (Phi) is 9.76. The van der Waals surface area contributed by atoms with Crippen LogP contribution in [0.15, 0.2) is 54.6 Å². The largest absolute Gasteiger partial charge is 0.492 e. The van der Waals surface area contributed by atoms with Crippen molar-refractivity contribution < 1.29 is 17.9 Å². The molecule has 1 heterocycles. The number of hydrogen-bond acceptors (Lipinski definition) is 4. The maximum atomic E-state index is 12.8. The highest BCUT2D eigenvalue weighted by Crippen LogP contribution is 2.20. The summed E-state index contributed by atoms with van der Waals surface area (Å²) in [6, 6.07) is 17.9. The van der Waals surface area contributed by atoms with Crippen LogP contribution in [0.25, 0.3) is 0 Å². The average molecular weight is 473 g/mol. The second-order valence-electron chi connectivity index (χ2n) is 8.64. The number of benzene rings is 2. The fraction of sp³-hybridized carbons (Fsp3) is 0.500. The molecule has 0 saturated carbocycles. The first-order valence-corrected chi connectivity index (χ1v) is 13.6. The van der Waals surface area contributed by atoms with Gasteiger partial charge in [-0.25, -0.2) is 12.7 Å². The van der Waals surface area contributed by atoms with Crippen molar-refractivity contribution >= 4 is 15.9 Å². The molecule has 0 bridgehead atoms.